The number of ether oxygens (including phenoxy) is 1. The van der Waals surface area contributed by atoms with Crippen LogP contribution in [0.2, 0.25) is 0 Å². The molecule has 0 bridgehead atoms. The maximum Gasteiger partial charge on any atom is 0.163 e. The van der Waals surface area contributed by atoms with Gasteiger partial charge in [0, 0.05) is 21.9 Å². The van der Waals surface area contributed by atoms with Crippen LogP contribution in [0.25, 0.3) is 0 Å². The lowest BCUT2D eigenvalue weighted by molar-refractivity contribution is 0.200. The molecule has 2 heterocycles. The summed E-state index contributed by atoms with van der Waals surface area (Å²) in [5.41, 5.74) is 1.66. The zero-order valence-corrected chi connectivity index (χ0v) is 14.1. The molecule has 21 heavy (non-hydrogen) atoms. The number of likely N-dealkylation sites (N-methyl/N-ethyl adjacent to an activating group) is 1. The minimum Gasteiger partial charge on any atom is -0.493 e. The molecule has 0 aliphatic rings. The molecule has 2 aromatic heterocycles. The van der Waals surface area contributed by atoms with Crippen LogP contribution in [0, 0.1) is 13.8 Å². The summed E-state index contributed by atoms with van der Waals surface area (Å²) >= 11 is 1.69. The fourth-order valence-corrected chi connectivity index (χ4v) is 3.31. The molecule has 2 aromatic rings. The molecule has 0 fully saturated rings. The number of nitrogens with zero attached hydrogens (tertiary/aromatic N) is 3. The van der Waals surface area contributed by atoms with Crippen LogP contribution in [0.5, 0.6) is 5.75 Å². The summed E-state index contributed by atoms with van der Waals surface area (Å²) < 4.78 is 7.20. The molecule has 5 nitrogen and oxygen atoms in total. The van der Waals surface area contributed by atoms with E-state index in [1.165, 1.54) is 4.88 Å². The van der Waals surface area contributed by atoms with Gasteiger partial charge in [-0.1, -0.05) is 0 Å². The Morgan fingerprint density at radius 3 is 2.67 bits per heavy atom. The molecule has 0 aliphatic carbocycles. The van der Waals surface area contributed by atoms with Gasteiger partial charge in [0.2, 0.25) is 0 Å². The van der Waals surface area contributed by atoms with E-state index in [0.717, 1.165) is 22.7 Å². The van der Waals surface area contributed by atoms with Gasteiger partial charge in [-0.3, -0.25) is 4.68 Å². The maximum atomic E-state index is 10.8. The van der Waals surface area contributed by atoms with Crippen molar-refractivity contribution in [3.8, 4) is 5.75 Å². The molecule has 1 atom stereocenters. The van der Waals surface area contributed by atoms with Crippen molar-refractivity contribution in [2.75, 3.05) is 27.7 Å². The van der Waals surface area contributed by atoms with Gasteiger partial charge in [-0.15, -0.1) is 11.3 Å². The van der Waals surface area contributed by atoms with Gasteiger partial charge in [-0.25, -0.2) is 0 Å². The maximum absolute atomic E-state index is 10.8. The van der Waals surface area contributed by atoms with Gasteiger partial charge in [0.25, 0.3) is 0 Å². The largest absolute Gasteiger partial charge is 0.493 e. The van der Waals surface area contributed by atoms with E-state index in [2.05, 4.69) is 16.9 Å². The summed E-state index contributed by atoms with van der Waals surface area (Å²) in [6.07, 6.45) is 0.956. The molecule has 6 heteroatoms. The molecule has 0 aliphatic heterocycles. The Bertz CT molecular complexity index is 604. The summed E-state index contributed by atoms with van der Waals surface area (Å²) in [5.74, 6) is 0.629. The fourth-order valence-electron chi connectivity index (χ4n) is 2.35. The Morgan fingerprint density at radius 2 is 2.14 bits per heavy atom. The third kappa shape index (κ3) is 3.45. The number of hydrogen-bond donors (Lipinski definition) is 1. The van der Waals surface area contributed by atoms with Crippen molar-refractivity contribution < 1.29 is 9.84 Å². The molecular formula is C15H23N3O2S. The lowest BCUT2D eigenvalue weighted by Gasteiger charge is -2.16. The van der Waals surface area contributed by atoms with E-state index in [4.69, 9.17) is 4.74 Å². The van der Waals surface area contributed by atoms with E-state index in [-0.39, 0.29) is 0 Å². The van der Waals surface area contributed by atoms with Crippen LogP contribution in [0.4, 0.5) is 0 Å². The van der Waals surface area contributed by atoms with E-state index in [1.807, 2.05) is 31.8 Å². The van der Waals surface area contributed by atoms with Crippen LogP contribution < -0.4 is 4.74 Å². The van der Waals surface area contributed by atoms with Crippen LogP contribution in [0.3, 0.4) is 0 Å². The Kier molecular flexibility index (Phi) is 5.03. The molecule has 0 aromatic carbocycles. The van der Waals surface area contributed by atoms with Crippen LogP contribution >= 0.6 is 11.3 Å². The first-order valence-corrected chi connectivity index (χ1v) is 7.75. The summed E-state index contributed by atoms with van der Waals surface area (Å²) in [5, 5.41) is 15.1. The van der Waals surface area contributed by atoms with Crippen molar-refractivity contribution in [1.82, 2.24) is 14.7 Å². The first kappa shape index (κ1) is 16.0. The summed E-state index contributed by atoms with van der Waals surface area (Å²) in [6, 6.07) is 2.04. The lowest BCUT2D eigenvalue weighted by Crippen LogP contribution is -2.21. The first-order chi connectivity index (χ1) is 9.93. The normalized spacial score (nSPS) is 12.9. The Hall–Kier alpha value is -1.37. The zero-order valence-electron chi connectivity index (χ0n) is 13.3. The molecule has 0 spiro atoms. The van der Waals surface area contributed by atoms with Gasteiger partial charge in [-0.05, 0) is 34.0 Å². The third-order valence-corrected chi connectivity index (χ3v) is 4.44. The van der Waals surface area contributed by atoms with E-state index in [9.17, 15) is 5.11 Å². The minimum absolute atomic E-state index is 0.629. The SMILES string of the molecule is COc1cnn(CCN(C)C)c1C(O)c1cc(C)sc1C. The van der Waals surface area contributed by atoms with Gasteiger partial charge in [-0.2, -0.15) is 5.10 Å². The number of aliphatic hydroxyl groups is 1. The van der Waals surface area contributed by atoms with Gasteiger partial charge < -0.3 is 14.7 Å². The second kappa shape index (κ2) is 6.60. The van der Waals surface area contributed by atoms with Crippen molar-refractivity contribution in [2.45, 2.75) is 26.5 Å². The zero-order chi connectivity index (χ0) is 15.6. The highest BCUT2D eigenvalue weighted by Gasteiger charge is 2.24. The molecule has 0 radical (unpaired) electrons. The monoisotopic (exact) mass is 309 g/mol. The first-order valence-electron chi connectivity index (χ1n) is 6.93. The minimum atomic E-state index is -0.713. The number of aromatic nitrogens is 2. The lowest BCUT2D eigenvalue weighted by atomic mass is 10.1. The number of hydrogen-bond acceptors (Lipinski definition) is 5. The number of methoxy groups -OCH3 is 1. The van der Waals surface area contributed by atoms with Crippen LogP contribution in [-0.4, -0.2) is 47.5 Å². The fraction of sp³-hybridized carbons (Fsp3) is 0.533. The van der Waals surface area contributed by atoms with Gasteiger partial charge >= 0.3 is 0 Å². The van der Waals surface area contributed by atoms with Crippen molar-refractivity contribution in [1.29, 1.82) is 0 Å². The van der Waals surface area contributed by atoms with E-state index >= 15 is 0 Å². The Morgan fingerprint density at radius 1 is 1.43 bits per heavy atom. The predicted molar refractivity (Wildman–Crippen MR) is 85.2 cm³/mol. The second-order valence-electron chi connectivity index (χ2n) is 5.40. The highest BCUT2D eigenvalue weighted by molar-refractivity contribution is 7.12. The van der Waals surface area contributed by atoms with E-state index < -0.39 is 6.10 Å². The highest BCUT2D eigenvalue weighted by atomic mass is 32.1. The van der Waals surface area contributed by atoms with Gasteiger partial charge in [0.15, 0.2) is 5.75 Å². The van der Waals surface area contributed by atoms with Gasteiger partial charge in [0.1, 0.15) is 11.8 Å². The second-order valence-corrected chi connectivity index (χ2v) is 6.86. The quantitative estimate of drug-likeness (QED) is 0.889. The molecular weight excluding hydrogens is 286 g/mol. The standard InChI is InChI=1S/C15H23N3O2S/c1-10-8-12(11(2)21-10)15(19)14-13(20-5)9-16-18(14)7-6-17(3)4/h8-9,15,19H,6-7H2,1-5H3. The van der Waals surface area contributed by atoms with Crippen molar-refractivity contribution >= 4 is 11.3 Å². The molecule has 0 saturated heterocycles. The van der Waals surface area contributed by atoms with Crippen molar-refractivity contribution in [3.63, 3.8) is 0 Å². The molecule has 1 N–H and O–H groups in total. The van der Waals surface area contributed by atoms with Crippen molar-refractivity contribution in [3.05, 3.63) is 33.3 Å². The van der Waals surface area contributed by atoms with E-state index in [0.29, 0.717) is 12.3 Å². The summed E-state index contributed by atoms with van der Waals surface area (Å²) in [4.78, 5) is 4.41. The predicted octanol–water partition coefficient (Wildman–Crippen LogP) is 2.21. The topological polar surface area (TPSA) is 50.5 Å². The number of rotatable bonds is 6. The van der Waals surface area contributed by atoms with Crippen LogP contribution in [0.15, 0.2) is 12.3 Å². The average molecular weight is 309 g/mol. The molecule has 2 rings (SSSR count). The smallest absolute Gasteiger partial charge is 0.163 e. The number of aryl methyl sites for hydroxylation is 2. The summed E-state index contributed by atoms with van der Waals surface area (Å²) in [6.45, 7) is 5.65. The number of aliphatic hydroxyl groups excluding tert-OH is 1. The average Bonchev–Trinajstić information content (AvgIpc) is 2.98. The molecule has 1 unspecified atom stereocenters. The van der Waals surface area contributed by atoms with Crippen molar-refractivity contribution in [2.24, 2.45) is 0 Å². The van der Waals surface area contributed by atoms with Crippen LogP contribution in [-0.2, 0) is 6.54 Å². The molecule has 0 amide bonds. The molecule has 116 valence electrons. The van der Waals surface area contributed by atoms with Crippen LogP contribution in [0.1, 0.15) is 27.1 Å². The molecule has 0 saturated carbocycles. The number of thiophene rings is 1. The highest BCUT2D eigenvalue weighted by Crippen LogP contribution is 2.34. The Balaban J connectivity index is 2.36. The third-order valence-electron chi connectivity index (χ3n) is 3.46. The summed E-state index contributed by atoms with van der Waals surface area (Å²) in [7, 11) is 5.64. The van der Waals surface area contributed by atoms with E-state index in [1.54, 1.807) is 24.6 Å². The Labute approximate surface area is 129 Å². The van der Waals surface area contributed by atoms with Gasteiger partial charge in [0.05, 0.1) is 19.9 Å².